The largest absolute Gasteiger partial charge is 0.349 e. The Hall–Kier alpha value is -0.870. The van der Waals surface area contributed by atoms with E-state index in [1.165, 1.54) is 6.20 Å². The molecule has 1 aliphatic rings. The third-order valence-electron chi connectivity index (χ3n) is 2.65. The normalized spacial score (nSPS) is 16.4. The fraction of sp³-hybridized carbons (Fsp3) is 0.500. The smallest absolute Gasteiger partial charge is 0.256 e. The van der Waals surface area contributed by atoms with Gasteiger partial charge < -0.3 is 5.32 Å². The number of carbonyl (C=O) groups is 1. The topological polar surface area (TPSA) is 54.9 Å². The lowest BCUT2D eigenvalue weighted by atomic mass is 10.2. The average molecular weight is 260 g/mol. The summed E-state index contributed by atoms with van der Waals surface area (Å²) in [5.74, 6) is -0.228. The summed E-state index contributed by atoms with van der Waals surface area (Å²) in [5.41, 5.74) is 0.276. The van der Waals surface area contributed by atoms with Gasteiger partial charge in [-0.2, -0.15) is 0 Å². The Morgan fingerprint density at radius 3 is 2.69 bits per heavy atom. The van der Waals surface area contributed by atoms with Crippen LogP contribution in [0.25, 0.3) is 0 Å². The Labute approximate surface area is 103 Å². The summed E-state index contributed by atoms with van der Waals surface area (Å²) in [5, 5.41) is 3.05. The molecule has 1 saturated carbocycles. The molecule has 0 spiro atoms. The van der Waals surface area contributed by atoms with E-state index in [2.05, 4.69) is 15.3 Å². The molecule has 1 heterocycles. The third-order valence-corrected chi connectivity index (χ3v) is 3.12. The number of halogens is 2. The highest BCUT2D eigenvalue weighted by atomic mass is 35.5. The molecule has 4 nitrogen and oxygen atoms in total. The van der Waals surface area contributed by atoms with Gasteiger partial charge >= 0.3 is 0 Å². The predicted octanol–water partition coefficient (Wildman–Crippen LogP) is 2.46. The fourth-order valence-electron chi connectivity index (χ4n) is 1.83. The van der Waals surface area contributed by atoms with Crippen molar-refractivity contribution in [1.29, 1.82) is 0 Å². The van der Waals surface area contributed by atoms with E-state index in [9.17, 15) is 4.79 Å². The summed E-state index contributed by atoms with van der Waals surface area (Å²) < 4.78 is 0. The van der Waals surface area contributed by atoms with E-state index >= 15 is 0 Å². The monoisotopic (exact) mass is 259 g/mol. The summed E-state index contributed by atoms with van der Waals surface area (Å²) in [7, 11) is 0. The highest BCUT2D eigenvalue weighted by Crippen LogP contribution is 2.19. The maximum Gasteiger partial charge on any atom is 0.256 e. The van der Waals surface area contributed by atoms with Crippen molar-refractivity contribution < 1.29 is 4.79 Å². The number of hydrogen-bond acceptors (Lipinski definition) is 3. The van der Waals surface area contributed by atoms with E-state index in [4.69, 9.17) is 23.2 Å². The number of nitrogens with one attached hydrogen (secondary N) is 1. The number of carbonyl (C=O) groups excluding carboxylic acids is 1. The molecule has 1 fully saturated rings. The molecule has 0 radical (unpaired) electrons. The van der Waals surface area contributed by atoms with Crippen molar-refractivity contribution in [2.45, 2.75) is 31.7 Å². The van der Waals surface area contributed by atoms with Crippen molar-refractivity contribution in [3.05, 3.63) is 22.2 Å². The Kier molecular flexibility index (Phi) is 3.61. The van der Waals surface area contributed by atoms with Crippen LogP contribution in [0.5, 0.6) is 0 Å². The van der Waals surface area contributed by atoms with Crippen LogP contribution in [0, 0.1) is 0 Å². The zero-order chi connectivity index (χ0) is 11.5. The predicted molar refractivity (Wildman–Crippen MR) is 61.8 cm³/mol. The molecule has 0 aliphatic heterocycles. The molecule has 0 aromatic carbocycles. The second-order valence-electron chi connectivity index (χ2n) is 3.80. The first kappa shape index (κ1) is 11.6. The molecule has 0 bridgehead atoms. The van der Waals surface area contributed by atoms with Crippen molar-refractivity contribution in [1.82, 2.24) is 15.3 Å². The first-order valence-electron chi connectivity index (χ1n) is 5.15. The van der Waals surface area contributed by atoms with Crippen molar-refractivity contribution in [2.75, 3.05) is 0 Å². The van der Waals surface area contributed by atoms with Crippen LogP contribution in [0.1, 0.15) is 36.0 Å². The summed E-state index contributed by atoms with van der Waals surface area (Å²) in [6.45, 7) is 0. The number of rotatable bonds is 2. The molecule has 16 heavy (non-hydrogen) atoms. The van der Waals surface area contributed by atoms with E-state index < -0.39 is 0 Å². The molecule has 1 N–H and O–H groups in total. The standard InChI is InChI=1S/C10H11Cl2N3O/c11-8-7(5-13-10(12)15-8)9(16)14-6-3-1-2-4-6/h5-6H,1-4H2,(H,14,16). The van der Waals surface area contributed by atoms with Gasteiger partial charge in [0.05, 0.1) is 5.56 Å². The summed E-state index contributed by atoms with van der Waals surface area (Å²) in [6, 6.07) is 0.249. The quantitative estimate of drug-likeness (QED) is 0.656. The van der Waals surface area contributed by atoms with Gasteiger partial charge in [-0.25, -0.2) is 9.97 Å². The molecule has 86 valence electrons. The van der Waals surface area contributed by atoms with E-state index in [0.29, 0.717) is 0 Å². The summed E-state index contributed by atoms with van der Waals surface area (Å²) >= 11 is 11.4. The van der Waals surface area contributed by atoms with E-state index in [-0.39, 0.29) is 27.9 Å². The Morgan fingerprint density at radius 1 is 1.38 bits per heavy atom. The number of hydrogen-bond donors (Lipinski definition) is 1. The first-order chi connectivity index (χ1) is 7.66. The van der Waals surface area contributed by atoms with Crippen LogP contribution in [0.2, 0.25) is 10.4 Å². The van der Waals surface area contributed by atoms with Gasteiger partial charge in [0.2, 0.25) is 5.28 Å². The van der Waals surface area contributed by atoms with Crippen molar-refractivity contribution in [3.63, 3.8) is 0 Å². The minimum Gasteiger partial charge on any atom is -0.349 e. The maximum atomic E-state index is 11.8. The second kappa shape index (κ2) is 4.97. The molecule has 2 rings (SSSR count). The number of aromatic nitrogens is 2. The SMILES string of the molecule is O=C(NC1CCCC1)c1cnc(Cl)nc1Cl. The molecular formula is C10H11Cl2N3O. The maximum absolute atomic E-state index is 11.8. The molecular weight excluding hydrogens is 249 g/mol. The molecule has 1 aliphatic carbocycles. The molecule has 0 atom stereocenters. The third kappa shape index (κ3) is 2.62. The Balaban J connectivity index is 2.08. The lowest BCUT2D eigenvalue weighted by molar-refractivity contribution is 0.0937. The minimum atomic E-state index is -0.228. The van der Waals surface area contributed by atoms with E-state index in [1.807, 2.05) is 0 Å². The summed E-state index contributed by atoms with van der Waals surface area (Å²) in [4.78, 5) is 19.3. The molecule has 1 aromatic rings. The zero-order valence-electron chi connectivity index (χ0n) is 8.54. The van der Waals surface area contributed by atoms with Gasteiger partial charge in [0.15, 0.2) is 0 Å². The van der Waals surface area contributed by atoms with Gasteiger partial charge in [-0.15, -0.1) is 0 Å². The summed E-state index contributed by atoms with van der Waals surface area (Å²) in [6.07, 6.45) is 5.73. The lowest BCUT2D eigenvalue weighted by Gasteiger charge is -2.11. The zero-order valence-corrected chi connectivity index (χ0v) is 10.1. The molecule has 1 aromatic heterocycles. The molecule has 0 saturated heterocycles. The van der Waals surface area contributed by atoms with Crippen LogP contribution in [0.4, 0.5) is 0 Å². The van der Waals surface area contributed by atoms with Gasteiger partial charge in [-0.1, -0.05) is 24.4 Å². The van der Waals surface area contributed by atoms with Crippen LogP contribution in [0.3, 0.4) is 0 Å². The minimum absolute atomic E-state index is 0.0439. The van der Waals surface area contributed by atoms with Gasteiger partial charge in [-0.05, 0) is 24.4 Å². The molecule has 1 amide bonds. The fourth-order valence-corrected chi connectivity index (χ4v) is 2.22. The van der Waals surface area contributed by atoms with Gasteiger partial charge in [0, 0.05) is 12.2 Å². The van der Waals surface area contributed by atoms with Crippen LogP contribution in [0.15, 0.2) is 6.20 Å². The highest BCUT2D eigenvalue weighted by molar-refractivity contribution is 6.34. The second-order valence-corrected chi connectivity index (χ2v) is 4.49. The van der Waals surface area contributed by atoms with Gasteiger partial charge in [0.1, 0.15) is 5.15 Å². The Morgan fingerprint density at radius 2 is 2.06 bits per heavy atom. The van der Waals surface area contributed by atoms with Crippen molar-refractivity contribution in [3.8, 4) is 0 Å². The Bertz CT molecular complexity index is 405. The number of nitrogens with zero attached hydrogens (tertiary/aromatic N) is 2. The average Bonchev–Trinajstić information content (AvgIpc) is 2.70. The molecule has 0 unspecified atom stereocenters. The van der Waals surface area contributed by atoms with Crippen molar-refractivity contribution in [2.24, 2.45) is 0 Å². The van der Waals surface area contributed by atoms with Crippen LogP contribution in [-0.4, -0.2) is 21.9 Å². The van der Waals surface area contributed by atoms with Crippen LogP contribution >= 0.6 is 23.2 Å². The lowest BCUT2D eigenvalue weighted by Crippen LogP contribution is -2.32. The van der Waals surface area contributed by atoms with E-state index in [1.54, 1.807) is 0 Å². The van der Waals surface area contributed by atoms with E-state index in [0.717, 1.165) is 25.7 Å². The van der Waals surface area contributed by atoms with Crippen LogP contribution in [-0.2, 0) is 0 Å². The van der Waals surface area contributed by atoms with Gasteiger partial charge in [0.25, 0.3) is 5.91 Å². The first-order valence-corrected chi connectivity index (χ1v) is 5.91. The highest BCUT2D eigenvalue weighted by Gasteiger charge is 2.20. The van der Waals surface area contributed by atoms with Gasteiger partial charge in [-0.3, -0.25) is 4.79 Å². The number of amides is 1. The molecule has 6 heteroatoms. The van der Waals surface area contributed by atoms with Crippen molar-refractivity contribution >= 4 is 29.1 Å². The van der Waals surface area contributed by atoms with Crippen LogP contribution < -0.4 is 5.32 Å².